The van der Waals surface area contributed by atoms with Crippen LogP contribution in [0.5, 0.6) is 0 Å². The van der Waals surface area contributed by atoms with Gasteiger partial charge < -0.3 is 15.5 Å². The largest absolute Gasteiger partial charge is 0.465 e. The summed E-state index contributed by atoms with van der Waals surface area (Å²) in [5, 5.41) is 4.33. The third-order valence-corrected chi connectivity index (χ3v) is 4.65. The van der Waals surface area contributed by atoms with Crippen molar-refractivity contribution < 1.29 is 4.42 Å². The lowest BCUT2D eigenvalue weighted by Gasteiger charge is -2.26. The zero-order chi connectivity index (χ0) is 17.2. The summed E-state index contributed by atoms with van der Waals surface area (Å²) in [5.74, 6) is 3.15. The molecule has 1 atom stereocenters. The number of fused-ring (bicyclic) bond motifs is 1. The first-order valence-corrected chi connectivity index (χ1v) is 8.62. The van der Waals surface area contributed by atoms with E-state index in [9.17, 15) is 0 Å². The number of pyridine rings is 1. The van der Waals surface area contributed by atoms with Crippen molar-refractivity contribution in [3.05, 3.63) is 42.1 Å². The molecule has 7 nitrogen and oxygen atoms in total. The molecule has 3 aromatic heterocycles. The third-order valence-electron chi connectivity index (χ3n) is 4.65. The minimum atomic E-state index is 0.183. The minimum absolute atomic E-state index is 0.183. The van der Waals surface area contributed by atoms with Crippen molar-refractivity contribution in [2.75, 3.05) is 30.7 Å². The van der Waals surface area contributed by atoms with Gasteiger partial charge in [-0.15, -0.1) is 0 Å². The molecular formula is C18H22N6O. The number of rotatable bonds is 5. The summed E-state index contributed by atoms with van der Waals surface area (Å²) >= 11 is 0. The summed E-state index contributed by atoms with van der Waals surface area (Å²) in [6, 6.07) is 7.95. The Morgan fingerprint density at radius 1 is 1.20 bits per heavy atom. The molecular weight excluding hydrogens is 316 g/mol. The zero-order valence-corrected chi connectivity index (χ0v) is 14.3. The second-order valence-electron chi connectivity index (χ2n) is 6.42. The Morgan fingerprint density at radius 3 is 2.80 bits per heavy atom. The molecule has 7 heteroatoms. The van der Waals surface area contributed by atoms with Crippen LogP contribution in [0, 0.1) is 6.92 Å². The highest BCUT2D eigenvalue weighted by molar-refractivity contribution is 5.87. The van der Waals surface area contributed by atoms with Crippen LogP contribution >= 0.6 is 0 Å². The fourth-order valence-corrected chi connectivity index (χ4v) is 3.39. The van der Waals surface area contributed by atoms with Gasteiger partial charge in [-0.25, -0.2) is 15.0 Å². The quantitative estimate of drug-likeness (QED) is 0.739. The van der Waals surface area contributed by atoms with Gasteiger partial charge in [0.15, 0.2) is 5.65 Å². The van der Waals surface area contributed by atoms with E-state index in [0.717, 1.165) is 35.8 Å². The van der Waals surface area contributed by atoms with Gasteiger partial charge in [0, 0.05) is 6.54 Å². The normalized spacial score (nSPS) is 16.4. The Morgan fingerprint density at radius 2 is 2.04 bits per heavy atom. The number of nitrogens with two attached hydrogens (primary N) is 1. The van der Waals surface area contributed by atoms with Gasteiger partial charge in [-0.05, 0) is 57.1 Å². The molecule has 0 amide bonds. The van der Waals surface area contributed by atoms with E-state index in [1.807, 2.05) is 19.1 Å². The van der Waals surface area contributed by atoms with Gasteiger partial charge in [-0.1, -0.05) is 0 Å². The molecule has 130 valence electrons. The number of furan rings is 1. The number of likely N-dealkylation sites (tertiary alicyclic amines) is 1. The van der Waals surface area contributed by atoms with E-state index in [1.54, 1.807) is 6.07 Å². The standard InChI is InChI=1S/C18H22N6O/c1-12-4-6-15(25-12)14(24-8-2-3-9-24)10-20-17-13-5-7-16(19)23-18(13)22-11-21-17/h4-7,11,14H,2-3,8-10H2,1H3,(H3,19,20,21,22,23). The lowest BCUT2D eigenvalue weighted by atomic mass is 10.2. The third kappa shape index (κ3) is 3.28. The van der Waals surface area contributed by atoms with Crippen molar-refractivity contribution >= 4 is 22.7 Å². The summed E-state index contributed by atoms with van der Waals surface area (Å²) in [6.45, 7) is 4.87. The highest BCUT2D eigenvalue weighted by Gasteiger charge is 2.26. The van der Waals surface area contributed by atoms with Crippen molar-refractivity contribution in [3.63, 3.8) is 0 Å². The summed E-state index contributed by atoms with van der Waals surface area (Å²) in [6.07, 6.45) is 3.98. The van der Waals surface area contributed by atoms with E-state index in [4.69, 9.17) is 10.2 Å². The first-order chi connectivity index (χ1) is 12.2. The van der Waals surface area contributed by atoms with Gasteiger partial charge in [0.2, 0.25) is 0 Å². The van der Waals surface area contributed by atoms with Crippen LogP contribution in [-0.2, 0) is 0 Å². The molecule has 0 spiro atoms. The number of anilines is 2. The van der Waals surface area contributed by atoms with Gasteiger partial charge in [-0.3, -0.25) is 4.90 Å². The number of nitrogens with zero attached hydrogens (tertiary/aromatic N) is 4. The van der Waals surface area contributed by atoms with Gasteiger partial charge in [0.25, 0.3) is 0 Å². The van der Waals surface area contributed by atoms with E-state index >= 15 is 0 Å². The molecule has 0 radical (unpaired) electrons. The van der Waals surface area contributed by atoms with Crippen LogP contribution in [-0.4, -0.2) is 39.5 Å². The topological polar surface area (TPSA) is 93.1 Å². The summed E-state index contributed by atoms with van der Waals surface area (Å²) in [7, 11) is 0. The summed E-state index contributed by atoms with van der Waals surface area (Å²) < 4.78 is 5.91. The molecule has 1 aliphatic rings. The molecule has 1 aliphatic heterocycles. The highest BCUT2D eigenvalue weighted by atomic mass is 16.3. The maximum atomic E-state index is 5.91. The average molecular weight is 338 g/mol. The summed E-state index contributed by atoms with van der Waals surface area (Å²) in [4.78, 5) is 15.3. The maximum Gasteiger partial charge on any atom is 0.166 e. The first-order valence-electron chi connectivity index (χ1n) is 8.62. The number of hydrogen-bond donors (Lipinski definition) is 2. The lowest BCUT2D eigenvalue weighted by molar-refractivity contribution is 0.223. The van der Waals surface area contributed by atoms with Crippen LogP contribution in [0.3, 0.4) is 0 Å². The molecule has 0 aromatic carbocycles. The van der Waals surface area contributed by atoms with E-state index in [-0.39, 0.29) is 6.04 Å². The molecule has 0 aliphatic carbocycles. The fourth-order valence-electron chi connectivity index (χ4n) is 3.39. The zero-order valence-electron chi connectivity index (χ0n) is 14.3. The predicted octanol–water partition coefficient (Wildman–Crippen LogP) is 2.76. The number of nitrogens with one attached hydrogen (secondary N) is 1. The Balaban J connectivity index is 1.59. The van der Waals surface area contributed by atoms with Crippen LogP contribution in [0.2, 0.25) is 0 Å². The first kappa shape index (κ1) is 15.8. The van der Waals surface area contributed by atoms with Crippen LogP contribution in [0.25, 0.3) is 11.0 Å². The molecule has 3 N–H and O–H groups in total. The van der Waals surface area contributed by atoms with Crippen molar-refractivity contribution in [2.45, 2.75) is 25.8 Å². The van der Waals surface area contributed by atoms with Crippen LogP contribution in [0.1, 0.15) is 30.4 Å². The molecule has 0 saturated carbocycles. The van der Waals surface area contributed by atoms with Gasteiger partial charge in [-0.2, -0.15) is 0 Å². The smallest absolute Gasteiger partial charge is 0.166 e. The van der Waals surface area contributed by atoms with Crippen LogP contribution in [0.15, 0.2) is 35.0 Å². The number of hydrogen-bond acceptors (Lipinski definition) is 7. The molecule has 25 heavy (non-hydrogen) atoms. The monoisotopic (exact) mass is 338 g/mol. The Bertz CT molecular complexity index is 871. The highest BCUT2D eigenvalue weighted by Crippen LogP contribution is 2.28. The fraction of sp³-hybridized carbons (Fsp3) is 0.389. The second-order valence-corrected chi connectivity index (χ2v) is 6.42. The van der Waals surface area contributed by atoms with Crippen molar-refractivity contribution in [1.82, 2.24) is 19.9 Å². The Hall–Kier alpha value is -2.67. The van der Waals surface area contributed by atoms with Gasteiger partial charge >= 0.3 is 0 Å². The Kier molecular flexibility index (Phi) is 4.23. The molecule has 1 unspecified atom stereocenters. The minimum Gasteiger partial charge on any atom is -0.465 e. The van der Waals surface area contributed by atoms with E-state index in [1.165, 1.54) is 19.2 Å². The molecule has 1 fully saturated rings. The number of aryl methyl sites for hydroxylation is 1. The maximum absolute atomic E-state index is 5.91. The van der Waals surface area contributed by atoms with E-state index < -0.39 is 0 Å². The number of aromatic nitrogens is 3. The Labute approximate surface area is 146 Å². The lowest BCUT2D eigenvalue weighted by Crippen LogP contribution is -2.31. The molecule has 4 heterocycles. The van der Waals surface area contributed by atoms with Crippen molar-refractivity contribution in [2.24, 2.45) is 0 Å². The molecule has 1 saturated heterocycles. The van der Waals surface area contributed by atoms with E-state index in [0.29, 0.717) is 18.0 Å². The molecule has 3 aromatic rings. The van der Waals surface area contributed by atoms with Gasteiger partial charge in [0.05, 0.1) is 11.4 Å². The second kappa shape index (κ2) is 6.68. The predicted molar refractivity (Wildman–Crippen MR) is 97.2 cm³/mol. The van der Waals surface area contributed by atoms with Gasteiger partial charge in [0.1, 0.15) is 29.5 Å². The van der Waals surface area contributed by atoms with Crippen LogP contribution in [0.4, 0.5) is 11.6 Å². The van der Waals surface area contributed by atoms with E-state index in [2.05, 4.69) is 31.2 Å². The van der Waals surface area contributed by atoms with Crippen LogP contribution < -0.4 is 11.1 Å². The molecule has 4 rings (SSSR count). The van der Waals surface area contributed by atoms with Crippen molar-refractivity contribution in [3.8, 4) is 0 Å². The number of nitrogen functional groups attached to an aromatic ring is 1. The van der Waals surface area contributed by atoms with Crippen molar-refractivity contribution in [1.29, 1.82) is 0 Å². The molecule has 0 bridgehead atoms. The SMILES string of the molecule is Cc1ccc(C(CNc2ncnc3nc(N)ccc23)N2CCCC2)o1. The average Bonchev–Trinajstić information content (AvgIpc) is 3.27. The summed E-state index contributed by atoms with van der Waals surface area (Å²) in [5.41, 5.74) is 6.35.